The highest BCUT2D eigenvalue weighted by molar-refractivity contribution is 5.80. The van der Waals surface area contributed by atoms with Crippen molar-refractivity contribution in [2.24, 2.45) is 5.73 Å². The van der Waals surface area contributed by atoms with Crippen LogP contribution in [0.5, 0.6) is 0 Å². The molecule has 4 nitrogen and oxygen atoms in total. The van der Waals surface area contributed by atoms with E-state index >= 15 is 0 Å². The minimum atomic E-state index is 0.332. The van der Waals surface area contributed by atoms with Gasteiger partial charge in [0.2, 0.25) is 0 Å². The third-order valence-electron chi connectivity index (χ3n) is 3.36. The molecule has 90 valence electrons. The summed E-state index contributed by atoms with van der Waals surface area (Å²) in [5.41, 5.74) is 7.94. The zero-order valence-electron chi connectivity index (χ0n) is 9.80. The lowest BCUT2D eigenvalue weighted by Crippen LogP contribution is -2.14. The van der Waals surface area contributed by atoms with E-state index in [1.807, 2.05) is 12.3 Å². The Bertz CT molecular complexity index is 514. The number of nitrogens with zero attached hydrogens (tertiary/aromatic N) is 2. The minimum absolute atomic E-state index is 0.332. The number of nitrogens with two attached hydrogens (primary N) is 1. The van der Waals surface area contributed by atoms with Crippen LogP contribution >= 0.6 is 0 Å². The lowest BCUT2D eigenvalue weighted by Gasteiger charge is -2.10. The summed E-state index contributed by atoms with van der Waals surface area (Å²) < 4.78 is 7.84. The van der Waals surface area contributed by atoms with Gasteiger partial charge in [-0.1, -0.05) is 0 Å². The van der Waals surface area contributed by atoms with Crippen LogP contribution in [0.2, 0.25) is 0 Å². The van der Waals surface area contributed by atoms with Crippen LogP contribution in [0.1, 0.15) is 18.4 Å². The third-order valence-corrected chi connectivity index (χ3v) is 3.36. The molecule has 0 bridgehead atoms. The predicted octanol–water partition coefficient (Wildman–Crippen LogP) is 1.67. The number of aromatic nitrogens is 2. The van der Waals surface area contributed by atoms with Crippen molar-refractivity contribution in [3.63, 3.8) is 0 Å². The first kappa shape index (κ1) is 10.7. The van der Waals surface area contributed by atoms with Crippen LogP contribution < -0.4 is 5.73 Å². The largest absolute Gasteiger partial charge is 0.376 e. The van der Waals surface area contributed by atoms with E-state index in [1.165, 1.54) is 6.42 Å². The molecule has 0 aromatic carbocycles. The van der Waals surface area contributed by atoms with Crippen molar-refractivity contribution in [2.75, 3.05) is 6.61 Å². The van der Waals surface area contributed by atoms with Gasteiger partial charge in [-0.25, -0.2) is 4.98 Å². The summed E-state index contributed by atoms with van der Waals surface area (Å²) in [5.74, 6) is 0. The maximum absolute atomic E-state index is 5.77. The average molecular weight is 231 g/mol. The zero-order valence-corrected chi connectivity index (χ0v) is 9.80. The molecule has 0 radical (unpaired) electrons. The zero-order chi connectivity index (χ0) is 11.7. The van der Waals surface area contributed by atoms with Gasteiger partial charge in [0.15, 0.2) is 0 Å². The smallest absolute Gasteiger partial charge is 0.140 e. The van der Waals surface area contributed by atoms with Crippen molar-refractivity contribution in [1.29, 1.82) is 0 Å². The molecule has 0 saturated carbocycles. The summed E-state index contributed by atoms with van der Waals surface area (Å²) in [6, 6.07) is 4.04. The Morgan fingerprint density at radius 2 is 2.47 bits per heavy atom. The molecule has 4 heteroatoms. The Labute approximate surface area is 100 Å². The second-order valence-electron chi connectivity index (χ2n) is 4.52. The van der Waals surface area contributed by atoms with Crippen molar-refractivity contribution in [1.82, 2.24) is 9.55 Å². The molecule has 1 fully saturated rings. The van der Waals surface area contributed by atoms with Gasteiger partial charge < -0.3 is 15.0 Å². The third kappa shape index (κ3) is 1.94. The van der Waals surface area contributed by atoms with Gasteiger partial charge in [0.25, 0.3) is 0 Å². The Morgan fingerprint density at radius 1 is 1.53 bits per heavy atom. The van der Waals surface area contributed by atoms with E-state index in [0.29, 0.717) is 12.6 Å². The van der Waals surface area contributed by atoms with Crippen LogP contribution in [-0.2, 0) is 17.8 Å². The highest BCUT2D eigenvalue weighted by atomic mass is 16.5. The van der Waals surface area contributed by atoms with E-state index in [-0.39, 0.29) is 0 Å². The molecule has 0 aliphatic carbocycles. The number of pyridine rings is 1. The molecule has 2 aromatic heterocycles. The van der Waals surface area contributed by atoms with Crippen molar-refractivity contribution in [3.05, 3.63) is 30.1 Å². The number of fused-ring (bicyclic) bond motifs is 1. The molecule has 0 amide bonds. The molecular formula is C13H17N3O. The van der Waals surface area contributed by atoms with E-state index in [0.717, 1.165) is 36.2 Å². The lowest BCUT2D eigenvalue weighted by molar-refractivity contribution is 0.0979. The van der Waals surface area contributed by atoms with Gasteiger partial charge in [0.1, 0.15) is 5.65 Å². The van der Waals surface area contributed by atoms with Crippen molar-refractivity contribution >= 4 is 11.0 Å². The van der Waals surface area contributed by atoms with Gasteiger partial charge in [-0.3, -0.25) is 0 Å². The second kappa shape index (κ2) is 4.47. The quantitative estimate of drug-likeness (QED) is 0.874. The molecule has 1 saturated heterocycles. The summed E-state index contributed by atoms with van der Waals surface area (Å²) in [7, 11) is 0. The Kier molecular flexibility index (Phi) is 2.82. The van der Waals surface area contributed by atoms with Crippen LogP contribution in [0.4, 0.5) is 0 Å². The SMILES string of the molecule is NCc1cn(CC2CCCO2)c2ncccc12. The average Bonchev–Trinajstić information content (AvgIpc) is 2.98. The molecule has 1 atom stereocenters. The first-order valence-corrected chi connectivity index (χ1v) is 6.13. The van der Waals surface area contributed by atoms with E-state index in [2.05, 4.69) is 21.8 Å². The first-order valence-electron chi connectivity index (χ1n) is 6.13. The maximum Gasteiger partial charge on any atom is 0.140 e. The van der Waals surface area contributed by atoms with Gasteiger partial charge in [-0.2, -0.15) is 0 Å². The molecule has 3 rings (SSSR count). The van der Waals surface area contributed by atoms with E-state index in [4.69, 9.17) is 10.5 Å². The molecule has 2 N–H and O–H groups in total. The number of hydrogen-bond acceptors (Lipinski definition) is 3. The summed E-state index contributed by atoms with van der Waals surface area (Å²) in [6.45, 7) is 2.33. The van der Waals surface area contributed by atoms with Crippen LogP contribution in [0.15, 0.2) is 24.5 Å². The van der Waals surface area contributed by atoms with Gasteiger partial charge in [-0.15, -0.1) is 0 Å². The molecule has 3 heterocycles. The van der Waals surface area contributed by atoms with E-state index in [1.54, 1.807) is 0 Å². The molecule has 17 heavy (non-hydrogen) atoms. The van der Waals surface area contributed by atoms with Gasteiger partial charge in [0.05, 0.1) is 12.6 Å². The topological polar surface area (TPSA) is 53.1 Å². The molecular weight excluding hydrogens is 214 g/mol. The number of rotatable bonds is 3. The summed E-state index contributed by atoms with van der Waals surface area (Å²) in [6.07, 6.45) is 6.58. The normalized spacial score (nSPS) is 20.2. The monoisotopic (exact) mass is 231 g/mol. The fourth-order valence-corrected chi connectivity index (χ4v) is 2.50. The summed E-state index contributed by atoms with van der Waals surface area (Å²) in [4.78, 5) is 4.44. The van der Waals surface area contributed by atoms with E-state index in [9.17, 15) is 0 Å². The van der Waals surface area contributed by atoms with Gasteiger partial charge in [-0.05, 0) is 30.5 Å². The Morgan fingerprint density at radius 3 is 3.24 bits per heavy atom. The Hall–Kier alpha value is -1.39. The van der Waals surface area contributed by atoms with Crippen LogP contribution in [-0.4, -0.2) is 22.3 Å². The van der Waals surface area contributed by atoms with Crippen molar-refractivity contribution < 1.29 is 4.74 Å². The van der Waals surface area contributed by atoms with Crippen LogP contribution in [0, 0.1) is 0 Å². The summed E-state index contributed by atoms with van der Waals surface area (Å²) in [5, 5.41) is 1.16. The second-order valence-corrected chi connectivity index (χ2v) is 4.52. The molecule has 1 unspecified atom stereocenters. The lowest BCUT2D eigenvalue weighted by atomic mass is 10.2. The minimum Gasteiger partial charge on any atom is -0.376 e. The highest BCUT2D eigenvalue weighted by Crippen LogP contribution is 2.21. The maximum atomic E-state index is 5.77. The molecule has 1 aliphatic heterocycles. The standard InChI is InChI=1S/C13H17N3O/c14-7-10-8-16(9-11-3-2-6-17-11)13-12(10)4-1-5-15-13/h1,4-5,8,11H,2-3,6-7,9,14H2. The van der Waals surface area contributed by atoms with E-state index < -0.39 is 0 Å². The highest BCUT2D eigenvalue weighted by Gasteiger charge is 2.18. The first-order chi connectivity index (χ1) is 8.38. The van der Waals surface area contributed by atoms with Crippen molar-refractivity contribution in [2.45, 2.75) is 32.0 Å². The van der Waals surface area contributed by atoms with Gasteiger partial charge >= 0.3 is 0 Å². The summed E-state index contributed by atoms with van der Waals surface area (Å²) >= 11 is 0. The molecule has 2 aromatic rings. The molecule has 0 spiro atoms. The number of hydrogen-bond donors (Lipinski definition) is 1. The molecule has 1 aliphatic rings. The number of ether oxygens (including phenoxy) is 1. The Balaban J connectivity index is 1.97. The van der Waals surface area contributed by atoms with Crippen LogP contribution in [0.25, 0.3) is 11.0 Å². The van der Waals surface area contributed by atoms with Crippen LogP contribution in [0.3, 0.4) is 0 Å². The predicted molar refractivity (Wildman–Crippen MR) is 66.6 cm³/mol. The fourth-order valence-electron chi connectivity index (χ4n) is 2.50. The van der Waals surface area contributed by atoms with Gasteiger partial charge in [0, 0.05) is 30.9 Å². The van der Waals surface area contributed by atoms with Crippen molar-refractivity contribution in [3.8, 4) is 0 Å². The fraction of sp³-hybridized carbons (Fsp3) is 0.462.